The van der Waals surface area contributed by atoms with Crippen LogP contribution in [0.25, 0.3) is 6.08 Å². The first-order valence-electron chi connectivity index (χ1n) is 4.98. The van der Waals surface area contributed by atoms with Crippen LogP contribution in [0.5, 0.6) is 5.75 Å². The van der Waals surface area contributed by atoms with E-state index < -0.39 is 0 Å². The van der Waals surface area contributed by atoms with E-state index in [9.17, 15) is 0 Å². The molecule has 0 aromatic heterocycles. The molecular weight excluding hydrogens is 188 g/mol. The molecule has 0 aliphatic heterocycles. The Labute approximate surface area is 90.5 Å². The molecule has 0 radical (unpaired) electrons. The maximum absolute atomic E-state index is 8.58. The highest BCUT2D eigenvalue weighted by molar-refractivity contribution is 5.50. The Morgan fingerprint density at radius 1 is 1.27 bits per heavy atom. The van der Waals surface area contributed by atoms with Gasteiger partial charge in [0.25, 0.3) is 0 Å². The molecule has 2 nitrogen and oxygen atoms in total. The second kappa shape index (κ2) is 6.85. The van der Waals surface area contributed by atoms with Crippen LogP contribution in [0.1, 0.15) is 12.0 Å². The second-order valence-electron chi connectivity index (χ2n) is 3.07. The average molecular weight is 204 g/mol. The van der Waals surface area contributed by atoms with E-state index in [1.54, 1.807) is 0 Å². The van der Waals surface area contributed by atoms with Crippen LogP contribution in [0.2, 0.25) is 0 Å². The third-order valence-corrected chi connectivity index (χ3v) is 1.85. The SMILES string of the molecule is C=CCC=Cc1ccc(OCCO)cc1. The zero-order chi connectivity index (χ0) is 10.9. The first kappa shape index (κ1) is 11.5. The van der Waals surface area contributed by atoms with Gasteiger partial charge in [0, 0.05) is 0 Å². The summed E-state index contributed by atoms with van der Waals surface area (Å²) >= 11 is 0. The van der Waals surface area contributed by atoms with Crippen molar-refractivity contribution in [3.8, 4) is 5.75 Å². The average Bonchev–Trinajstić information content (AvgIpc) is 2.28. The molecule has 1 rings (SSSR count). The van der Waals surface area contributed by atoms with E-state index in [-0.39, 0.29) is 6.61 Å². The third-order valence-electron chi connectivity index (χ3n) is 1.85. The fourth-order valence-electron chi connectivity index (χ4n) is 1.14. The molecule has 0 saturated carbocycles. The van der Waals surface area contributed by atoms with Crippen LogP contribution in [0.3, 0.4) is 0 Å². The van der Waals surface area contributed by atoms with Crippen LogP contribution >= 0.6 is 0 Å². The van der Waals surface area contributed by atoms with Crippen molar-refractivity contribution in [1.82, 2.24) is 0 Å². The Kier molecular flexibility index (Phi) is 5.26. The number of hydrogen-bond donors (Lipinski definition) is 1. The van der Waals surface area contributed by atoms with Crippen molar-refractivity contribution in [2.45, 2.75) is 6.42 Å². The number of benzene rings is 1. The highest BCUT2D eigenvalue weighted by Crippen LogP contribution is 2.13. The van der Waals surface area contributed by atoms with Crippen molar-refractivity contribution in [2.24, 2.45) is 0 Å². The van der Waals surface area contributed by atoms with Gasteiger partial charge in [0.05, 0.1) is 6.61 Å². The maximum Gasteiger partial charge on any atom is 0.119 e. The Hall–Kier alpha value is -1.54. The maximum atomic E-state index is 8.58. The standard InChI is InChI=1S/C13H16O2/c1-2-3-4-5-12-6-8-13(9-7-12)15-11-10-14/h2,4-9,14H,1,3,10-11H2. The Bertz CT molecular complexity index is 312. The van der Waals surface area contributed by atoms with Gasteiger partial charge < -0.3 is 9.84 Å². The van der Waals surface area contributed by atoms with Crippen LogP contribution in [-0.2, 0) is 0 Å². The molecular formula is C13H16O2. The van der Waals surface area contributed by atoms with Gasteiger partial charge in [-0.05, 0) is 24.1 Å². The Morgan fingerprint density at radius 2 is 2.00 bits per heavy atom. The lowest BCUT2D eigenvalue weighted by Crippen LogP contribution is -2.01. The fraction of sp³-hybridized carbons (Fsp3) is 0.231. The van der Waals surface area contributed by atoms with E-state index in [4.69, 9.17) is 9.84 Å². The van der Waals surface area contributed by atoms with E-state index in [1.807, 2.05) is 36.4 Å². The van der Waals surface area contributed by atoms with Gasteiger partial charge in [0.2, 0.25) is 0 Å². The van der Waals surface area contributed by atoms with E-state index in [0.717, 1.165) is 17.7 Å². The van der Waals surface area contributed by atoms with Gasteiger partial charge in [-0.25, -0.2) is 0 Å². The van der Waals surface area contributed by atoms with Crippen molar-refractivity contribution in [2.75, 3.05) is 13.2 Å². The minimum atomic E-state index is 0.0426. The van der Waals surface area contributed by atoms with Gasteiger partial charge in [-0.3, -0.25) is 0 Å². The summed E-state index contributed by atoms with van der Waals surface area (Å²) in [4.78, 5) is 0. The van der Waals surface area contributed by atoms with Crippen molar-refractivity contribution < 1.29 is 9.84 Å². The number of ether oxygens (including phenoxy) is 1. The van der Waals surface area contributed by atoms with Crippen LogP contribution in [-0.4, -0.2) is 18.3 Å². The fourth-order valence-corrected chi connectivity index (χ4v) is 1.14. The molecule has 0 saturated heterocycles. The van der Waals surface area contributed by atoms with Crippen molar-refractivity contribution >= 4 is 6.08 Å². The molecule has 0 atom stereocenters. The number of hydrogen-bond acceptors (Lipinski definition) is 2. The molecule has 0 unspecified atom stereocenters. The molecule has 15 heavy (non-hydrogen) atoms. The molecule has 0 aliphatic carbocycles. The van der Waals surface area contributed by atoms with Crippen LogP contribution in [0.15, 0.2) is 43.0 Å². The minimum Gasteiger partial charge on any atom is -0.491 e. The van der Waals surface area contributed by atoms with Crippen LogP contribution in [0.4, 0.5) is 0 Å². The van der Waals surface area contributed by atoms with Gasteiger partial charge >= 0.3 is 0 Å². The van der Waals surface area contributed by atoms with E-state index in [2.05, 4.69) is 12.7 Å². The molecule has 0 amide bonds. The van der Waals surface area contributed by atoms with Gasteiger partial charge in [-0.15, -0.1) is 6.58 Å². The molecule has 1 aromatic rings. The summed E-state index contributed by atoms with van der Waals surface area (Å²) in [5, 5.41) is 8.58. The van der Waals surface area contributed by atoms with Gasteiger partial charge in [-0.2, -0.15) is 0 Å². The van der Waals surface area contributed by atoms with E-state index in [1.165, 1.54) is 0 Å². The molecule has 1 aromatic carbocycles. The van der Waals surface area contributed by atoms with Crippen LogP contribution in [0, 0.1) is 0 Å². The Morgan fingerprint density at radius 3 is 2.60 bits per heavy atom. The summed E-state index contributed by atoms with van der Waals surface area (Å²) in [7, 11) is 0. The zero-order valence-corrected chi connectivity index (χ0v) is 8.73. The summed E-state index contributed by atoms with van der Waals surface area (Å²) in [6, 6.07) is 7.74. The van der Waals surface area contributed by atoms with Gasteiger partial charge in [0.1, 0.15) is 12.4 Å². The number of rotatable bonds is 6. The molecule has 1 N–H and O–H groups in total. The molecule has 0 bridgehead atoms. The quantitative estimate of drug-likeness (QED) is 0.722. The molecule has 0 heterocycles. The topological polar surface area (TPSA) is 29.5 Å². The molecule has 0 spiro atoms. The highest BCUT2D eigenvalue weighted by atomic mass is 16.5. The lowest BCUT2D eigenvalue weighted by Gasteiger charge is -2.03. The number of allylic oxidation sites excluding steroid dienone is 2. The molecule has 2 heteroatoms. The lowest BCUT2D eigenvalue weighted by molar-refractivity contribution is 0.201. The summed E-state index contributed by atoms with van der Waals surface area (Å²) < 4.78 is 5.25. The summed E-state index contributed by atoms with van der Waals surface area (Å²) in [6.07, 6.45) is 6.83. The highest BCUT2D eigenvalue weighted by Gasteiger charge is 1.91. The van der Waals surface area contributed by atoms with Gasteiger partial charge in [0.15, 0.2) is 0 Å². The lowest BCUT2D eigenvalue weighted by atomic mass is 10.2. The van der Waals surface area contributed by atoms with Crippen LogP contribution < -0.4 is 4.74 Å². The molecule has 0 fully saturated rings. The second-order valence-corrected chi connectivity index (χ2v) is 3.07. The predicted octanol–water partition coefficient (Wildman–Crippen LogP) is 2.65. The third kappa shape index (κ3) is 4.47. The summed E-state index contributed by atoms with van der Waals surface area (Å²) in [5.74, 6) is 0.782. The zero-order valence-electron chi connectivity index (χ0n) is 8.73. The monoisotopic (exact) mass is 204 g/mol. The molecule has 0 aliphatic rings. The first-order valence-corrected chi connectivity index (χ1v) is 4.98. The summed E-state index contributed by atoms with van der Waals surface area (Å²) in [5.41, 5.74) is 1.13. The largest absolute Gasteiger partial charge is 0.491 e. The first-order chi connectivity index (χ1) is 7.36. The van der Waals surface area contributed by atoms with Crippen molar-refractivity contribution in [3.63, 3.8) is 0 Å². The number of aliphatic hydroxyl groups excluding tert-OH is 1. The van der Waals surface area contributed by atoms with Crippen molar-refractivity contribution in [3.05, 3.63) is 48.6 Å². The van der Waals surface area contributed by atoms with E-state index in [0.29, 0.717) is 6.61 Å². The normalized spacial score (nSPS) is 10.5. The van der Waals surface area contributed by atoms with E-state index >= 15 is 0 Å². The molecule has 80 valence electrons. The van der Waals surface area contributed by atoms with Crippen molar-refractivity contribution in [1.29, 1.82) is 0 Å². The number of aliphatic hydroxyl groups is 1. The predicted molar refractivity (Wildman–Crippen MR) is 62.9 cm³/mol. The van der Waals surface area contributed by atoms with Gasteiger partial charge in [-0.1, -0.05) is 30.4 Å². The minimum absolute atomic E-state index is 0.0426. The summed E-state index contributed by atoms with van der Waals surface area (Å²) in [6.45, 7) is 4.03. The smallest absolute Gasteiger partial charge is 0.119 e. The Balaban J connectivity index is 2.52.